The lowest BCUT2D eigenvalue weighted by Gasteiger charge is -2.06. The van der Waals surface area contributed by atoms with Crippen LogP contribution in [0, 0.1) is 0 Å². The number of aromatic nitrogens is 1. The molecule has 0 saturated carbocycles. The van der Waals surface area contributed by atoms with Gasteiger partial charge >= 0.3 is 0 Å². The largest absolute Gasteiger partial charge is 0.350 e. The van der Waals surface area contributed by atoms with E-state index in [9.17, 15) is 9.59 Å². The number of aromatic amines is 1. The summed E-state index contributed by atoms with van der Waals surface area (Å²) in [7, 11) is 0. The Balaban J connectivity index is 1.51. The highest BCUT2D eigenvalue weighted by Gasteiger charge is 2.09. The van der Waals surface area contributed by atoms with Crippen LogP contribution in [0.3, 0.4) is 0 Å². The van der Waals surface area contributed by atoms with Crippen molar-refractivity contribution in [3.63, 3.8) is 0 Å². The maximum atomic E-state index is 12.1. The van der Waals surface area contributed by atoms with Gasteiger partial charge in [-0.1, -0.05) is 40.2 Å². The van der Waals surface area contributed by atoms with Crippen LogP contribution in [0.4, 0.5) is 0 Å². The fourth-order valence-electron chi connectivity index (χ4n) is 2.36. The Morgan fingerprint density at radius 3 is 2.38 bits per heavy atom. The summed E-state index contributed by atoms with van der Waals surface area (Å²) in [6, 6.07) is 16.6. The van der Waals surface area contributed by atoms with E-state index in [2.05, 4.69) is 31.5 Å². The molecule has 0 fully saturated rings. The topological polar surface area (TPSA) is 74.0 Å². The van der Waals surface area contributed by atoms with Crippen molar-refractivity contribution in [2.75, 3.05) is 13.1 Å². The van der Waals surface area contributed by atoms with E-state index in [4.69, 9.17) is 0 Å². The summed E-state index contributed by atoms with van der Waals surface area (Å²) in [6.07, 6.45) is 0. The summed E-state index contributed by atoms with van der Waals surface area (Å²) in [5.74, 6) is -0.350. The smallest absolute Gasteiger partial charge is 0.267 e. The normalized spacial score (nSPS) is 10.5. The lowest BCUT2D eigenvalue weighted by atomic mass is 10.2. The summed E-state index contributed by atoms with van der Waals surface area (Å²) in [5, 5.41) is 6.53. The maximum Gasteiger partial charge on any atom is 0.267 e. The van der Waals surface area contributed by atoms with Gasteiger partial charge in [0.15, 0.2) is 0 Å². The molecule has 0 aliphatic rings. The van der Waals surface area contributed by atoms with E-state index in [0.717, 1.165) is 15.4 Å². The summed E-state index contributed by atoms with van der Waals surface area (Å²) >= 11 is 3.40. The van der Waals surface area contributed by atoms with E-state index in [-0.39, 0.29) is 11.8 Å². The lowest BCUT2D eigenvalue weighted by molar-refractivity contribution is 0.0925. The van der Waals surface area contributed by atoms with Crippen LogP contribution in [0.2, 0.25) is 0 Å². The molecule has 0 unspecified atom stereocenters. The van der Waals surface area contributed by atoms with Gasteiger partial charge in [-0.15, -0.1) is 0 Å². The van der Waals surface area contributed by atoms with Gasteiger partial charge in [0.2, 0.25) is 0 Å². The number of hydrogen-bond acceptors (Lipinski definition) is 2. The van der Waals surface area contributed by atoms with Crippen LogP contribution >= 0.6 is 15.9 Å². The number of carbonyl (C=O) groups is 2. The number of carbonyl (C=O) groups excluding carboxylic acids is 2. The third kappa shape index (κ3) is 3.83. The van der Waals surface area contributed by atoms with Gasteiger partial charge in [-0.05, 0) is 30.3 Å². The Labute approximate surface area is 147 Å². The molecule has 1 aromatic heterocycles. The molecule has 0 aliphatic heterocycles. The second-order valence-corrected chi connectivity index (χ2v) is 6.21. The Morgan fingerprint density at radius 1 is 0.917 bits per heavy atom. The van der Waals surface area contributed by atoms with Gasteiger partial charge in [0, 0.05) is 34.0 Å². The molecular weight excluding hydrogens is 370 g/mol. The third-order valence-corrected chi connectivity index (χ3v) is 4.05. The highest BCUT2D eigenvalue weighted by Crippen LogP contribution is 2.20. The first-order valence-electron chi connectivity index (χ1n) is 7.53. The van der Waals surface area contributed by atoms with Crippen LogP contribution in [-0.4, -0.2) is 29.9 Å². The van der Waals surface area contributed by atoms with Crippen LogP contribution in [0.5, 0.6) is 0 Å². The van der Waals surface area contributed by atoms with Crippen molar-refractivity contribution in [2.24, 2.45) is 0 Å². The van der Waals surface area contributed by atoms with Gasteiger partial charge in [-0.2, -0.15) is 0 Å². The quantitative estimate of drug-likeness (QED) is 0.590. The van der Waals surface area contributed by atoms with Crippen molar-refractivity contribution in [3.8, 4) is 0 Å². The zero-order chi connectivity index (χ0) is 16.9. The molecule has 0 bridgehead atoms. The van der Waals surface area contributed by atoms with Gasteiger partial charge in [-0.25, -0.2) is 0 Å². The standard InChI is InChI=1S/C18H16BrN3O2/c19-14-7-6-13-10-16(22-15(13)11-14)18(24)21-9-8-20-17(23)12-4-2-1-3-5-12/h1-7,10-11,22H,8-9H2,(H,20,23)(H,21,24). The van der Waals surface area contributed by atoms with E-state index in [1.165, 1.54) is 0 Å². The van der Waals surface area contributed by atoms with Crippen LogP contribution in [-0.2, 0) is 0 Å². The predicted molar refractivity (Wildman–Crippen MR) is 97.1 cm³/mol. The molecule has 0 radical (unpaired) electrons. The number of halogens is 1. The van der Waals surface area contributed by atoms with Gasteiger partial charge in [0.05, 0.1) is 0 Å². The zero-order valence-electron chi connectivity index (χ0n) is 12.8. The first kappa shape index (κ1) is 16.3. The first-order chi connectivity index (χ1) is 11.6. The van der Waals surface area contributed by atoms with Crippen molar-refractivity contribution >= 4 is 38.6 Å². The van der Waals surface area contributed by atoms with Crippen LogP contribution in [0.1, 0.15) is 20.8 Å². The van der Waals surface area contributed by atoms with E-state index in [1.807, 2.05) is 36.4 Å². The van der Waals surface area contributed by atoms with E-state index in [1.54, 1.807) is 18.2 Å². The molecule has 0 spiro atoms. The minimum absolute atomic E-state index is 0.152. The van der Waals surface area contributed by atoms with Gasteiger partial charge < -0.3 is 15.6 Å². The fourth-order valence-corrected chi connectivity index (χ4v) is 2.72. The number of rotatable bonds is 5. The molecule has 1 heterocycles. The Kier molecular flexibility index (Phi) is 4.96. The monoisotopic (exact) mass is 385 g/mol. The average Bonchev–Trinajstić information content (AvgIpc) is 3.02. The van der Waals surface area contributed by atoms with Crippen LogP contribution in [0.15, 0.2) is 59.1 Å². The lowest BCUT2D eigenvalue weighted by Crippen LogP contribution is -2.34. The molecule has 3 rings (SSSR count). The highest BCUT2D eigenvalue weighted by atomic mass is 79.9. The van der Waals surface area contributed by atoms with E-state index < -0.39 is 0 Å². The molecule has 5 nitrogen and oxygen atoms in total. The Morgan fingerprint density at radius 2 is 1.62 bits per heavy atom. The summed E-state index contributed by atoms with van der Waals surface area (Å²) in [4.78, 5) is 27.1. The van der Waals surface area contributed by atoms with Gasteiger partial charge in [0.1, 0.15) is 5.69 Å². The molecule has 24 heavy (non-hydrogen) atoms. The highest BCUT2D eigenvalue weighted by molar-refractivity contribution is 9.10. The van der Waals surface area contributed by atoms with Gasteiger partial charge in [-0.3, -0.25) is 9.59 Å². The second kappa shape index (κ2) is 7.31. The summed E-state index contributed by atoms with van der Waals surface area (Å²) in [6.45, 7) is 0.724. The number of H-pyrrole nitrogens is 1. The van der Waals surface area contributed by atoms with Crippen LogP contribution in [0.25, 0.3) is 10.9 Å². The molecule has 2 aromatic carbocycles. The van der Waals surface area contributed by atoms with E-state index in [0.29, 0.717) is 24.3 Å². The third-order valence-electron chi connectivity index (χ3n) is 3.56. The fraction of sp³-hybridized carbons (Fsp3) is 0.111. The van der Waals surface area contributed by atoms with Crippen molar-refractivity contribution in [1.29, 1.82) is 0 Å². The number of amides is 2. The van der Waals surface area contributed by atoms with Crippen molar-refractivity contribution in [2.45, 2.75) is 0 Å². The number of nitrogens with one attached hydrogen (secondary N) is 3. The molecule has 0 aliphatic carbocycles. The van der Waals surface area contributed by atoms with E-state index >= 15 is 0 Å². The minimum Gasteiger partial charge on any atom is -0.350 e. The van der Waals surface area contributed by atoms with Crippen molar-refractivity contribution < 1.29 is 9.59 Å². The zero-order valence-corrected chi connectivity index (χ0v) is 14.4. The second-order valence-electron chi connectivity index (χ2n) is 5.29. The maximum absolute atomic E-state index is 12.1. The predicted octanol–water partition coefficient (Wildman–Crippen LogP) is 3.09. The molecule has 0 atom stereocenters. The SMILES string of the molecule is O=C(NCCNC(=O)c1cc2ccc(Br)cc2[nH]1)c1ccccc1. The molecule has 3 aromatic rings. The molecule has 6 heteroatoms. The van der Waals surface area contributed by atoms with Crippen molar-refractivity contribution in [1.82, 2.24) is 15.6 Å². The molecule has 2 amide bonds. The molecule has 122 valence electrons. The number of benzene rings is 2. The minimum atomic E-state index is -0.198. The van der Waals surface area contributed by atoms with Gasteiger partial charge in [0.25, 0.3) is 11.8 Å². The number of fused-ring (bicyclic) bond motifs is 1. The summed E-state index contributed by atoms with van der Waals surface area (Å²) in [5.41, 5.74) is 1.99. The Hall–Kier alpha value is -2.60. The molecular formula is C18H16BrN3O2. The number of hydrogen-bond donors (Lipinski definition) is 3. The average molecular weight is 386 g/mol. The van der Waals surface area contributed by atoms with Crippen molar-refractivity contribution in [3.05, 3.63) is 70.3 Å². The van der Waals surface area contributed by atoms with Crippen LogP contribution < -0.4 is 10.6 Å². The first-order valence-corrected chi connectivity index (χ1v) is 8.32. The summed E-state index contributed by atoms with van der Waals surface area (Å²) < 4.78 is 0.951. The molecule has 0 saturated heterocycles. The molecule has 3 N–H and O–H groups in total. The Bertz CT molecular complexity index is 874.